The first-order valence-corrected chi connectivity index (χ1v) is 21.6. The Morgan fingerprint density at radius 3 is 2.33 bits per heavy atom. The van der Waals surface area contributed by atoms with Crippen molar-refractivity contribution in [3.8, 4) is 5.88 Å². The van der Waals surface area contributed by atoms with Crippen LogP contribution in [0.15, 0.2) is 24.3 Å². The standard InChI is InChI=1S/C39H50F4N6O8S/c1-5-22-27-19-49(28(22)32(50)47-38(18-23(38)31(40)41)35(52)48-58(54,55)21-14-15-21)34(51)30(37(2,3)4)46-36(53)57-26-17-20(26)11-7-6-10-16-39(42,43)29-33(56-27)45-25-13-9-8-12-24(25)44-29/h8-9,12-13,20-23,26-28,30-31H,5-7,10-11,14-19H2,1-4H3,(H,46,53)(H,47,50)(H,48,52)/t20-,22-,23+,26-,27+,28+,30-,38-/m1/s1. The summed E-state index contributed by atoms with van der Waals surface area (Å²) in [4.78, 5) is 66.0. The summed E-state index contributed by atoms with van der Waals surface area (Å²) in [6, 6.07) is 3.52. The lowest BCUT2D eigenvalue weighted by Crippen LogP contribution is -2.61. The summed E-state index contributed by atoms with van der Waals surface area (Å²) < 4.78 is 100. The van der Waals surface area contributed by atoms with Crippen molar-refractivity contribution in [3.05, 3.63) is 30.0 Å². The second kappa shape index (κ2) is 15.4. The number of alkyl carbamates (subject to hydrolysis) is 1. The van der Waals surface area contributed by atoms with Gasteiger partial charge in [-0.2, -0.15) is 8.78 Å². The van der Waals surface area contributed by atoms with Crippen LogP contribution in [0.25, 0.3) is 11.0 Å². The van der Waals surface area contributed by atoms with E-state index in [-0.39, 0.29) is 42.6 Å². The minimum atomic E-state index is -4.20. The summed E-state index contributed by atoms with van der Waals surface area (Å²) in [5, 5.41) is 4.20. The fourth-order valence-electron chi connectivity index (χ4n) is 8.35. The molecule has 0 unspecified atom stereocenters. The number of sulfonamides is 1. The molecule has 318 valence electrons. The van der Waals surface area contributed by atoms with Gasteiger partial charge in [-0.05, 0) is 68.4 Å². The van der Waals surface area contributed by atoms with E-state index in [4.69, 9.17) is 9.47 Å². The van der Waals surface area contributed by atoms with E-state index in [1.54, 1.807) is 52.0 Å². The molecular formula is C39H50F4N6O8S. The number of hydrogen-bond acceptors (Lipinski definition) is 10. The maximum Gasteiger partial charge on any atom is 0.408 e. The molecule has 3 N–H and O–H groups in total. The predicted octanol–water partition coefficient (Wildman–Crippen LogP) is 4.95. The summed E-state index contributed by atoms with van der Waals surface area (Å²) in [6.07, 6.45) is -3.62. The van der Waals surface area contributed by atoms with Crippen molar-refractivity contribution in [2.24, 2.45) is 23.2 Å². The van der Waals surface area contributed by atoms with Crippen molar-refractivity contribution in [2.75, 3.05) is 6.54 Å². The molecule has 2 bridgehead atoms. The van der Waals surface area contributed by atoms with Gasteiger partial charge in [-0.3, -0.25) is 19.1 Å². The Kier molecular flexibility index (Phi) is 11.1. The number of ether oxygens (including phenoxy) is 2. The van der Waals surface area contributed by atoms with E-state index in [0.717, 1.165) is 4.90 Å². The van der Waals surface area contributed by atoms with Crippen LogP contribution in [-0.4, -0.2) is 95.2 Å². The highest BCUT2D eigenvalue weighted by molar-refractivity contribution is 7.91. The third kappa shape index (κ3) is 8.41. The molecule has 0 spiro atoms. The molecule has 3 aliphatic carbocycles. The van der Waals surface area contributed by atoms with Crippen LogP contribution in [0.2, 0.25) is 0 Å². The molecule has 1 aromatic carbocycles. The highest BCUT2D eigenvalue weighted by atomic mass is 32.2. The van der Waals surface area contributed by atoms with Gasteiger partial charge in [-0.1, -0.05) is 52.7 Å². The fourth-order valence-corrected chi connectivity index (χ4v) is 9.71. The van der Waals surface area contributed by atoms with Crippen LogP contribution in [0.5, 0.6) is 5.88 Å². The number of halogens is 4. The van der Waals surface area contributed by atoms with E-state index < -0.39 is 129 Å². The second-order valence-corrected chi connectivity index (χ2v) is 19.5. The number of alkyl halides is 4. The quantitative estimate of drug-likeness (QED) is 0.323. The summed E-state index contributed by atoms with van der Waals surface area (Å²) in [5.41, 5.74) is -3.59. The number of fused-ring (bicyclic) bond motifs is 5. The lowest BCUT2D eigenvalue weighted by molar-refractivity contribution is -0.144. The summed E-state index contributed by atoms with van der Waals surface area (Å²) >= 11 is 0. The van der Waals surface area contributed by atoms with Gasteiger partial charge in [0.05, 0.1) is 28.7 Å². The van der Waals surface area contributed by atoms with Crippen LogP contribution in [0, 0.1) is 23.2 Å². The molecule has 14 nitrogen and oxygen atoms in total. The van der Waals surface area contributed by atoms with Gasteiger partial charge in [0.15, 0.2) is 5.69 Å². The molecule has 5 aliphatic rings. The van der Waals surface area contributed by atoms with E-state index in [1.165, 1.54) is 0 Å². The zero-order valence-corrected chi connectivity index (χ0v) is 33.6. The minimum Gasteiger partial charge on any atom is -0.471 e. The van der Waals surface area contributed by atoms with Crippen LogP contribution < -0.4 is 20.1 Å². The highest BCUT2D eigenvalue weighted by Gasteiger charge is 2.67. The van der Waals surface area contributed by atoms with E-state index in [0.29, 0.717) is 25.7 Å². The molecule has 4 fully saturated rings. The van der Waals surface area contributed by atoms with Crippen LogP contribution in [-0.2, 0) is 35.1 Å². The molecule has 1 aromatic heterocycles. The van der Waals surface area contributed by atoms with Crippen molar-refractivity contribution in [1.82, 2.24) is 30.2 Å². The molecule has 1 saturated heterocycles. The molecule has 0 radical (unpaired) electrons. The number of nitrogens with zero attached hydrogens (tertiary/aromatic N) is 3. The Bertz CT molecular complexity index is 2070. The maximum atomic E-state index is 16.2. The van der Waals surface area contributed by atoms with Crippen molar-refractivity contribution in [1.29, 1.82) is 0 Å². The normalized spacial score (nSPS) is 31.7. The van der Waals surface area contributed by atoms with Crippen LogP contribution in [0.3, 0.4) is 0 Å². The molecule has 58 heavy (non-hydrogen) atoms. The number of amides is 4. The summed E-state index contributed by atoms with van der Waals surface area (Å²) in [5.74, 6) is -9.90. The van der Waals surface area contributed by atoms with Crippen molar-refractivity contribution >= 4 is 44.9 Å². The molecule has 8 atom stereocenters. The zero-order chi connectivity index (χ0) is 41.9. The van der Waals surface area contributed by atoms with Crippen molar-refractivity contribution < 1.29 is 54.6 Å². The average Bonchev–Trinajstić information content (AvgIpc) is 4.06. The SMILES string of the molecule is CC[C@@H]1[C@@H]2CN(C(=O)[C@H](C(C)(C)C)NC(=O)O[C@@H]3C[C@H]3CCCCCC(F)(F)c3nc4ccccc4nc3O2)[C@@H]1C(=O)N[C@]1(C(=O)NS(=O)(=O)C2CC2)C[C@H]1C(F)F. The molecule has 3 saturated carbocycles. The predicted molar refractivity (Wildman–Crippen MR) is 200 cm³/mol. The van der Waals surface area contributed by atoms with Crippen molar-refractivity contribution in [3.63, 3.8) is 0 Å². The van der Waals surface area contributed by atoms with Gasteiger partial charge in [0, 0.05) is 12.3 Å². The minimum absolute atomic E-state index is 0.0319. The van der Waals surface area contributed by atoms with E-state index in [9.17, 15) is 36.4 Å². The number of aromatic nitrogens is 2. The fraction of sp³-hybridized carbons (Fsp3) is 0.692. The molecule has 7 rings (SSSR count). The first-order valence-electron chi connectivity index (χ1n) is 20.0. The molecule has 2 aliphatic heterocycles. The Labute approximate surface area is 334 Å². The van der Waals surface area contributed by atoms with Gasteiger partial charge in [0.2, 0.25) is 34.1 Å². The zero-order valence-electron chi connectivity index (χ0n) is 32.8. The van der Waals surface area contributed by atoms with Gasteiger partial charge < -0.3 is 25.0 Å². The van der Waals surface area contributed by atoms with Gasteiger partial charge >= 0.3 is 6.09 Å². The molecule has 19 heteroatoms. The molecule has 2 aromatic rings. The average molecular weight is 839 g/mol. The largest absolute Gasteiger partial charge is 0.471 e. The Morgan fingerprint density at radius 2 is 1.71 bits per heavy atom. The van der Waals surface area contributed by atoms with Crippen LogP contribution in [0.4, 0.5) is 22.4 Å². The monoisotopic (exact) mass is 838 g/mol. The number of carbonyl (C=O) groups is 4. The maximum absolute atomic E-state index is 16.2. The molecule has 4 amide bonds. The third-order valence-electron chi connectivity index (χ3n) is 12.1. The number of benzene rings is 1. The van der Waals surface area contributed by atoms with E-state index in [1.807, 2.05) is 4.72 Å². The number of para-hydroxylation sites is 2. The Hall–Kier alpha value is -4.29. The van der Waals surface area contributed by atoms with Crippen LogP contribution in [0.1, 0.15) is 97.6 Å². The van der Waals surface area contributed by atoms with Gasteiger partial charge in [0.25, 0.3) is 11.8 Å². The highest BCUT2D eigenvalue weighted by Crippen LogP contribution is 2.49. The van der Waals surface area contributed by atoms with Crippen molar-refractivity contribution in [2.45, 2.75) is 139 Å². The summed E-state index contributed by atoms with van der Waals surface area (Å²) in [6.45, 7) is 6.28. The number of nitrogens with one attached hydrogen (secondary N) is 3. The van der Waals surface area contributed by atoms with E-state index in [2.05, 4.69) is 20.6 Å². The Balaban J connectivity index is 1.28. The first-order chi connectivity index (χ1) is 27.3. The Morgan fingerprint density at radius 1 is 1.02 bits per heavy atom. The number of rotatable bonds is 7. The topological polar surface area (TPSA) is 186 Å². The second-order valence-electron chi connectivity index (χ2n) is 17.5. The van der Waals surface area contributed by atoms with Gasteiger partial charge in [0.1, 0.15) is 29.8 Å². The number of carbonyl (C=O) groups excluding carboxylic acids is 4. The molecular weight excluding hydrogens is 789 g/mol. The molecule has 3 heterocycles. The third-order valence-corrected chi connectivity index (χ3v) is 13.9. The smallest absolute Gasteiger partial charge is 0.408 e. The first kappa shape index (κ1) is 41.9. The van der Waals surface area contributed by atoms with Gasteiger partial charge in [-0.15, -0.1) is 0 Å². The summed E-state index contributed by atoms with van der Waals surface area (Å²) in [7, 11) is -4.20. The van der Waals surface area contributed by atoms with E-state index >= 15 is 8.78 Å². The lowest BCUT2D eigenvalue weighted by atomic mass is 9.85. The lowest BCUT2D eigenvalue weighted by Gasteiger charge is -2.36. The van der Waals surface area contributed by atoms with Crippen LogP contribution >= 0.6 is 0 Å². The van der Waals surface area contributed by atoms with Gasteiger partial charge in [-0.25, -0.2) is 32.0 Å². The number of hydrogen-bond donors (Lipinski definition) is 3.